The van der Waals surface area contributed by atoms with E-state index in [1.165, 1.54) is 18.6 Å². The minimum Gasteiger partial charge on any atom is -0.219 e. The number of hydrogen-bond donors (Lipinski definition) is 0. The first kappa shape index (κ1) is 26.5. The minimum atomic E-state index is 0.01000. The topological polar surface area (TPSA) is 75.8 Å². The molecule has 0 fully saturated rings. The molecule has 3 aromatic carbocycles. The minimum absolute atomic E-state index is 0.01000. The first-order valence-corrected chi connectivity index (χ1v) is 12.3. The summed E-state index contributed by atoms with van der Waals surface area (Å²) in [6.45, 7) is 0. The van der Waals surface area contributed by atoms with Crippen LogP contribution in [0.15, 0.2) is 69.6 Å². The fourth-order valence-electron chi connectivity index (χ4n) is 2.79. The highest BCUT2D eigenvalue weighted by atomic mass is 35.5. The van der Waals surface area contributed by atoms with Gasteiger partial charge in [0, 0.05) is 35.3 Å². The molecule has 36 heavy (non-hydrogen) atoms. The van der Waals surface area contributed by atoms with Crippen LogP contribution < -0.4 is 0 Å². The zero-order chi connectivity index (χ0) is 25.7. The normalized spacial score (nSPS) is 11.8. The van der Waals surface area contributed by atoms with Gasteiger partial charge in [-0.2, -0.15) is 15.0 Å². The predicted molar refractivity (Wildman–Crippen MR) is 151 cm³/mol. The summed E-state index contributed by atoms with van der Waals surface area (Å²) in [5.74, 6) is 0.0300. The second-order valence-corrected chi connectivity index (χ2v) is 9.36. The van der Waals surface area contributed by atoms with E-state index in [1.807, 2.05) is 0 Å². The van der Waals surface area contributed by atoms with E-state index in [0.717, 1.165) is 0 Å². The van der Waals surface area contributed by atoms with E-state index in [2.05, 4.69) is 29.9 Å². The van der Waals surface area contributed by atoms with Gasteiger partial charge in [0.1, 0.15) is 0 Å². The maximum Gasteiger partial charge on any atom is 0.256 e. The lowest BCUT2D eigenvalue weighted by Crippen LogP contribution is -1.92. The predicted octanol–water partition coefficient (Wildman–Crippen LogP) is 9.04. The van der Waals surface area contributed by atoms with Gasteiger partial charge in [-0.25, -0.2) is 15.0 Å². The summed E-state index contributed by atoms with van der Waals surface area (Å²) in [4.78, 5) is 25.6. The van der Waals surface area contributed by atoms with E-state index in [0.29, 0.717) is 46.8 Å². The average Bonchev–Trinajstić information content (AvgIpc) is 2.83. The van der Waals surface area contributed by atoms with E-state index in [1.54, 1.807) is 54.6 Å². The fourth-order valence-corrected chi connectivity index (χ4v) is 4.27. The summed E-state index contributed by atoms with van der Waals surface area (Å²) in [5.41, 5.74) is 1.51. The van der Waals surface area contributed by atoms with Crippen molar-refractivity contribution in [3.05, 3.63) is 101 Å². The molecule has 0 N–H and O–H groups in total. The lowest BCUT2D eigenvalue weighted by Gasteiger charge is -2.03. The van der Waals surface area contributed by atoms with Gasteiger partial charge < -0.3 is 0 Å². The van der Waals surface area contributed by atoms with Gasteiger partial charge in [-0.3, -0.25) is 0 Å². The second-order valence-electron chi connectivity index (χ2n) is 6.92. The van der Waals surface area contributed by atoms with Gasteiger partial charge in [0.05, 0.1) is 30.1 Å². The molecule has 180 valence electrons. The van der Waals surface area contributed by atoms with Crippen LogP contribution in [0.1, 0.15) is 16.7 Å². The van der Waals surface area contributed by atoms with Crippen molar-refractivity contribution in [2.75, 3.05) is 0 Å². The van der Waals surface area contributed by atoms with Gasteiger partial charge in [-0.05, 0) is 36.4 Å². The quantitative estimate of drug-likeness (QED) is 0.208. The van der Waals surface area contributed by atoms with E-state index >= 15 is 0 Å². The summed E-state index contributed by atoms with van der Waals surface area (Å²) in [5, 5.41) is 2.49. The number of aliphatic imine (C=N–C) groups is 3. The molecule has 12 heteroatoms. The summed E-state index contributed by atoms with van der Waals surface area (Å²) in [7, 11) is 0. The van der Waals surface area contributed by atoms with Crippen molar-refractivity contribution in [2.45, 2.75) is 0 Å². The van der Waals surface area contributed by atoms with Gasteiger partial charge in [-0.15, -0.1) is 0 Å². The highest BCUT2D eigenvalue weighted by Gasteiger charge is 2.09. The highest BCUT2D eigenvalue weighted by Crippen LogP contribution is 2.26. The van der Waals surface area contributed by atoms with Gasteiger partial charge in [0.15, 0.2) is 0 Å². The molecule has 0 bridgehead atoms. The van der Waals surface area contributed by atoms with Crippen molar-refractivity contribution in [1.29, 1.82) is 0 Å². The summed E-state index contributed by atoms with van der Waals surface area (Å²) >= 11 is 37.4. The standard InChI is InChI=1S/C24H12Cl6N6/c25-16-4-1-5-17(26)13(16)10-31-22-34-23(32-11-14-18(27)6-2-7-19(14)28)36-24(35-22)33-12-15-20(29)8-3-9-21(15)30/h1-12H. The molecule has 0 aliphatic carbocycles. The third-order valence-electron chi connectivity index (χ3n) is 4.53. The summed E-state index contributed by atoms with van der Waals surface area (Å²) in [6, 6.07) is 15.3. The zero-order valence-electron chi connectivity index (χ0n) is 17.9. The van der Waals surface area contributed by atoms with Crippen LogP contribution in [0.5, 0.6) is 0 Å². The van der Waals surface area contributed by atoms with Gasteiger partial charge in [0.25, 0.3) is 17.8 Å². The molecule has 0 saturated heterocycles. The molecule has 0 amide bonds. The van der Waals surface area contributed by atoms with Crippen LogP contribution in [0.25, 0.3) is 0 Å². The molecule has 1 heterocycles. The monoisotopic (exact) mass is 594 g/mol. The van der Waals surface area contributed by atoms with Crippen LogP contribution in [0.3, 0.4) is 0 Å². The molecule has 0 atom stereocenters. The Hall–Kier alpha value is -2.58. The number of nitrogens with zero attached hydrogens (tertiary/aromatic N) is 6. The van der Waals surface area contributed by atoms with Crippen LogP contribution in [-0.2, 0) is 0 Å². The molecular formula is C24H12Cl6N6. The number of hydrogen-bond acceptors (Lipinski definition) is 6. The van der Waals surface area contributed by atoms with Crippen LogP contribution >= 0.6 is 69.6 Å². The van der Waals surface area contributed by atoms with E-state index in [9.17, 15) is 0 Å². The van der Waals surface area contributed by atoms with Crippen molar-refractivity contribution in [3.63, 3.8) is 0 Å². The molecule has 0 radical (unpaired) electrons. The van der Waals surface area contributed by atoms with Crippen LogP contribution in [-0.4, -0.2) is 33.6 Å². The maximum atomic E-state index is 6.23. The molecule has 1 aromatic heterocycles. The number of halogens is 6. The van der Waals surface area contributed by atoms with Crippen molar-refractivity contribution in [3.8, 4) is 0 Å². The first-order chi connectivity index (χ1) is 17.3. The average molecular weight is 597 g/mol. The lowest BCUT2D eigenvalue weighted by atomic mass is 10.2. The second kappa shape index (κ2) is 12.1. The summed E-state index contributed by atoms with van der Waals surface area (Å²) in [6.07, 6.45) is 4.32. The third kappa shape index (κ3) is 6.59. The zero-order valence-corrected chi connectivity index (χ0v) is 22.4. The number of benzene rings is 3. The van der Waals surface area contributed by atoms with E-state index < -0.39 is 0 Å². The Morgan fingerprint density at radius 3 is 0.861 bits per heavy atom. The Bertz CT molecular complexity index is 1270. The van der Waals surface area contributed by atoms with Crippen molar-refractivity contribution in [1.82, 2.24) is 15.0 Å². The molecule has 0 aliphatic heterocycles. The molecule has 0 saturated carbocycles. The molecule has 4 rings (SSSR count). The van der Waals surface area contributed by atoms with Crippen LogP contribution in [0.2, 0.25) is 30.1 Å². The Labute approximate surface area is 236 Å². The Morgan fingerprint density at radius 1 is 0.417 bits per heavy atom. The SMILES string of the molecule is Clc1cccc(Cl)c1C=Nc1nc(N=Cc2c(Cl)cccc2Cl)nc(N=Cc2c(Cl)cccc2Cl)n1. The molecule has 6 nitrogen and oxygen atoms in total. The molecule has 4 aromatic rings. The van der Waals surface area contributed by atoms with Crippen molar-refractivity contribution < 1.29 is 0 Å². The Balaban J connectivity index is 1.75. The van der Waals surface area contributed by atoms with Crippen LogP contribution in [0.4, 0.5) is 17.8 Å². The van der Waals surface area contributed by atoms with Crippen molar-refractivity contribution >= 4 is 106 Å². The first-order valence-electron chi connectivity index (χ1n) is 10.0. The number of aromatic nitrogens is 3. The van der Waals surface area contributed by atoms with E-state index in [4.69, 9.17) is 69.6 Å². The van der Waals surface area contributed by atoms with Crippen molar-refractivity contribution in [2.24, 2.45) is 15.0 Å². The molecule has 0 unspecified atom stereocenters. The third-order valence-corrected chi connectivity index (χ3v) is 6.50. The summed E-state index contributed by atoms with van der Waals surface area (Å²) < 4.78 is 0. The highest BCUT2D eigenvalue weighted by molar-refractivity contribution is 6.40. The Kier molecular flexibility index (Phi) is 8.90. The molecule has 0 aliphatic rings. The lowest BCUT2D eigenvalue weighted by molar-refractivity contribution is 1.02. The maximum absolute atomic E-state index is 6.23. The molecule has 0 spiro atoms. The van der Waals surface area contributed by atoms with E-state index in [-0.39, 0.29) is 17.8 Å². The Morgan fingerprint density at radius 2 is 0.639 bits per heavy atom. The van der Waals surface area contributed by atoms with Gasteiger partial charge in [-0.1, -0.05) is 87.8 Å². The smallest absolute Gasteiger partial charge is 0.219 e. The molecular weight excluding hydrogens is 585 g/mol. The van der Waals surface area contributed by atoms with Crippen LogP contribution in [0, 0.1) is 0 Å². The van der Waals surface area contributed by atoms with Gasteiger partial charge in [0.2, 0.25) is 0 Å². The number of rotatable bonds is 6. The fraction of sp³-hybridized carbons (Fsp3) is 0. The largest absolute Gasteiger partial charge is 0.256 e. The van der Waals surface area contributed by atoms with Gasteiger partial charge >= 0.3 is 0 Å².